The summed E-state index contributed by atoms with van der Waals surface area (Å²) in [6.07, 6.45) is 1.69. The lowest BCUT2D eigenvalue weighted by Gasteiger charge is -2.42. The molecule has 3 rings (SSSR count). The molecule has 0 saturated carbocycles. The Morgan fingerprint density at radius 2 is 1.59 bits per heavy atom. The van der Waals surface area contributed by atoms with Crippen molar-refractivity contribution >= 4 is 30.3 Å². The van der Waals surface area contributed by atoms with Gasteiger partial charge in [-0.2, -0.15) is 0 Å². The zero-order valence-electron chi connectivity index (χ0n) is 17.9. The molecule has 2 aromatic carbocycles. The van der Waals surface area contributed by atoms with Crippen molar-refractivity contribution in [3.63, 3.8) is 0 Å². The van der Waals surface area contributed by atoms with Crippen LogP contribution in [0.1, 0.15) is 34.6 Å². The number of hydrogen-bond donors (Lipinski definition) is 0. The van der Waals surface area contributed by atoms with Gasteiger partial charge in [-0.25, -0.2) is 0 Å². The molecule has 2 aromatic rings. The molecule has 1 fully saturated rings. The summed E-state index contributed by atoms with van der Waals surface area (Å²) in [6, 6.07) is 21.2. The Hall–Kier alpha value is -1.43. The predicted octanol–water partition coefficient (Wildman–Crippen LogP) is 4.84. The van der Waals surface area contributed by atoms with Crippen LogP contribution in [0.3, 0.4) is 0 Å². The fraction of sp³-hybridized carbons (Fsp3) is 0.417. The minimum absolute atomic E-state index is 0.0645. The molecule has 1 saturated heterocycles. The maximum Gasteiger partial charge on any atom is 0.261 e. The highest BCUT2D eigenvalue weighted by atomic mass is 35.5. The third-order valence-electron chi connectivity index (χ3n) is 5.31. The summed E-state index contributed by atoms with van der Waals surface area (Å²) >= 11 is 6.54. The van der Waals surface area contributed by atoms with E-state index in [9.17, 15) is 0 Å². The summed E-state index contributed by atoms with van der Waals surface area (Å²) in [4.78, 5) is 0. The maximum absolute atomic E-state index is 6.83. The summed E-state index contributed by atoms with van der Waals surface area (Å²) in [5.74, 6) is -0.600. The molecule has 0 radical (unpaired) electrons. The van der Waals surface area contributed by atoms with Crippen molar-refractivity contribution < 1.29 is 13.9 Å². The highest BCUT2D eigenvalue weighted by Crippen LogP contribution is 2.37. The number of benzene rings is 2. The average Bonchev–Trinajstić information content (AvgIpc) is 3.05. The molecule has 3 nitrogen and oxygen atoms in total. The Morgan fingerprint density at radius 3 is 2.00 bits per heavy atom. The van der Waals surface area contributed by atoms with Gasteiger partial charge in [0, 0.05) is 5.03 Å². The van der Waals surface area contributed by atoms with E-state index >= 15 is 0 Å². The van der Waals surface area contributed by atoms with Crippen molar-refractivity contribution in [3.8, 4) is 0 Å². The van der Waals surface area contributed by atoms with E-state index in [1.54, 1.807) is 0 Å². The van der Waals surface area contributed by atoms with E-state index in [4.69, 9.17) is 25.5 Å². The fourth-order valence-electron chi connectivity index (χ4n) is 3.96. The topological polar surface area (TPSA) is 27.7 Å². The van der Waals surface area contributed by atoms with Crippen LogP contribution < -0.4 is 10.4 Å². The van der Waals surface area contributed by atoms with Gasteiger partial charge in [-0.3, -0.25) is 0 Å². The van der Waals surface area contributed by atoms with Crippen LogP contribution in [0.25, 0.3) is 0 Å². The lowest BCUT2D eigenvalue weighted by atomic mass is 10.2. The first-order valence-corrected chi connectivity index (χ1v) is 12.4. The van der Waals surface area contributed by atoms with Crippen molar-refractivity contribution in [1.29, 1.82) is 0 Å². The van der Waals surface area contributed by atoms with Crippen LogP contribution in [0, 0.1) is 0 Å². The third kappa shape index (κ3) is 4.84. The second-order valence-corrected chi connectivity index (χ2v) is 13.6. The van der Waals surface area contributed by atoms with E-state index in [2.05, 4.69) is 69.3 Å². The van der Waals surface area contributed by atoms with Crippen molar-refractivity contribution in [2.75, 3.05) is 13.2 Å². The van der Waals surface area contributed by atoms with Crippen LogP contribution in [0.4, 0.5) is 0 Å². The molecule has 29 heavy (non-hydrogen) atoms. The Morgan fingerprint density at radius 1 is 1.07 bits per heavy atom. The Labute approximate surface area is 180 Å². The van der Waals surface area contributed by atoms with Crippen LogP contribution in [-0.4, -0.2) is 33.4 Å². The van der Waals surface area contributed by atoms with Gasteiger partial charge in [-0.05, 0) is 35.3 Å². The predicted molar refractivity (Wildman–Crippen MR) is 122 cm³/mol. The van der Waals surface area contributed by atoms with Crippen LogP contribution in [0.15, 0.2) is 71.8 Å². The molecule has 0 N–H and O–H groups in total. The van der Waals surface area contributed by atoms with Gasteiger partial charge in [-0.1, -0.05) is 93.0 Å². The molecule has 0 bridgehead atoms. The van der Waals surface area contributed by atoms with Gasteiger partial charge < -0.3 is 13.9 Å². The molecule has 0 aromatic heterocycles. The third-order valence-corrected chi connectivity index (χ3v) is 10.7. The average molecular weight is 431 g/mol. The maximum atomic E-state index is 6.83. The molecule has 0 amide bonds. The summed E-state index contributed by atoms with van der Waals surface area (Å²) in [7, 11) is -2.56. The highest BCUT2D eigenvalue weighted by Gasteiger charge is 2.50. The second-order valence-electron chi connectivity index (χ2n) is 8.88. The summed E-state index contributed by atoms with van der Waals surface area (Å²) in [6.45, 7) is 11.5. The molecule has 1 atom stereocenters. The number of halogens is 1. The Bertz CT molecular complexity index is 789. The van der Waals surface area contributed by atoms with Gasteiger partial charge in [0.25, 0.3) is 8.32 Å². The molecule has 0 aliphatic carbocycles. The van der Waals surface area contributed by atoms with E-state index in [0.717, 1.165) is 0 Å². The minimum atomic E-state index is -2.56. The van der Waals surface area contributed by atoms with E-state index in [0.29, 0.717) is 18.2 Å². The summed E-state index contributed by atoms with van der Waals surface area (Å²) in [5, 5.41) is 3.08. The van der Waals surface area contributed by atoms with Gasteiger partial charge in [0.15, 0.2) is 5.79 Å². The van der Waals surface area contributed by atoms with Gasteiger partial charge in [0.05, 0.1) is 13.2 Å². The zero-order valence-corrected chi connectivity index (χ0v) is 19.7. The molecule has 0 unspecified atom stereocenters. The van der Waals surface area contributed by atoms with E-state index in [1.165, 1.54) is 10.4 Å². The Kier molecular flexibility index (Phi) is 6.71. The van der Waals surface area contributed by atoms with Crippen LogP contribution in [-0.2, 0) is 13.9 Å². The SMILES string of the molecule is CC1(C)OC[C@H](/C(Cl)=C\CO[Si](c2ccccc2)(c2ccccc2)C(C)(C)C)O1. The van der Waals surface area contributed by atoms with Gasteiger partial charge in [0.2, 0.25) is 0 Å². The molecule has 156 valence electrons. The van der Waals surface area contributed by atoms with E-state index in [1.807, 2.05) is 32.1 Å². The zero-order chi connectivity index (χ0) is 21.1. The van der Waals surface area contributed by atoms with Crippen LogP contribution >= 0.6 is 11.6 Å². The minimum Gasteiger partial charge on any atom is -0.404 e. The first-order valence-electron chi connectivity index (χ1n) is 10.1. The highest BCUT2D eigenvalue weighted by molar-refractivity contribution is 6.99. The summed E-state index contributed by atoms with van der Waals surface area (Å²) < 4.78 is 18.3. The van der Waals surface area contributed by atoms with Crippen LogP contribution in [0.2, 0.25) is 5.04 Å². The molecular formula is C24H31ClO3Si. The largest absolute Gasteiger partial charge is 0.404 e. The lowest BCUT2D eigenvalue weighted by Crippen LogP contribution is -2.66. The number of rotatable bonds is 6. The van der Waals surface area contributed by atoms with Crippen molar-refractivity contribution in [2.24, 2.45) is 0 Å². The summed E-state index contributed by atoms with van der Waals surface area (Å²) in [5.41, 5.74) is 0. The molecule has 5 heteroatoms. The van der Waals surface area contributed by atoms with Crippen molar-refractivity contribution in [2.45, 2.75) is 51.5 Å². The van der Waals surface area contributed by atoms with Gasteiger partial charge in [-0.15, -0.1) is 0 Å². The first-order chi connectivity index (χ1) is 13.7. The van der Waals surface area contributed by atoms with Gasteiger partial charge in [0.1, 0.15) is 6.10 Å². The van der Waals surface area contributed by atoms with Gasteiger partial charge >= 0.3 is 0 Å². The first kappa shape index (κ1) is 22.3. The van der Waals surface area contributed by atoms with Crippen molar-refractivity contribution in [3.05, 3.63) is 71.8 Å². The molecule has 0 spiro atoms. The van der Waals surface area contributed by atoms with Crippen molar-refractivity contribution in [1.82, 2.24) is 0 Å². The second kappa shape index (κ2) is 8.74. The van der Waals surface area contributed by atoms with E-state index in [-0.39, 0.29) is 11.1 Å². The quantitative estimate of drug-likeness (QED) is 0.614. The molecule has 1 aliphatic rings. The standard InChI is InChI=1S/C24H31ClO3Si/c1-23(2,3)29(19-12-8-6-9-13-19,20-14-10-7-11-15-20)27-17-16-21(25)22-18-26-24(4,5)28-22/h6-16,22H,17-18H2,1-5H3/b21-16+/t22-/m1/s1. The Balaban J connectivity index is 1.93. The fourth-order valence-corrected chi connectivity index (χ4v) is 8.62. The van der Waals surface area contributed by atoms with Crippen LogP contribution in [0.5, 0.6) is 0 Å². The lowest BCUT2D eigenvalue weighted by molar-refractivity contribution is -0.133. The molecular weight excluding hydrogens is 400 g/mol. The number of hydrogen-bond acceptors (Lipinski definition) is 3. The smallest absolute Gasteiger partial charge is 0.261 e. The monoisotopic (exact) mass is 430 g/mol. The molecule has 1 aliphatic heterocycles. The van der Waals surface area contributed by atoms with E-state index < -0.39 is 14.1 Å². The molecule has 1 heterocycles. The number of ether oxygens (including phenoxy) is 2. The normalized spacial score (nSPS) is 20.1.